The average molecular weight is 412 g/mol. The number of hydrogen-bond donors (Lipinski definition) is 3. The van der Waals surface area contributed by atoms with Crippen LogP contribution in [-0.4, -0.2) is 64.6 Å². The molecule has 156 valence electrons. The average Bonchev–Trinajstić information content (AvgIpc) is 3.07. The molecule has 0 spiro atoms. The van der Waals surface area contributed by atoms with Gasteiger partial charge < -0.3 is 20.3 Å². The number of likely N-dealkylation sites (N-methyl/N-ethyl adjacent to an activating group) is 1. The number of aliphatic imine (C=N–C) groups is 1. The lowest BCUT2D eigenvalue weighted by Gasteiger charge is -2.25. The van der Waals surface area contributed by atoms with E-state index in [2.05, 4.69) is 15.6 Å². The predicted octanol–water partition coefficient (Wildman–Crippen LogP) is 0.0265. The Balaban J connectivity index is 2.04. The molecule has 1 atom stereocenters. The van der Waals surface area contributed by atoms with E-state index in [1.165, 1.54) is 17.0 Å². The Morgan fingerprint density at radius 1 is 1.29 bits per heavy atom. The number of carbonyl (C=O) groups excluding carboxylic acids is 1. The summed E-state index contributed by atoms with van der Waals surface area (Å²) in [5.41, 5.74) is 0.557. The van der Waals surface area contributed by atoms with Gasteiger partial charge in [-0.2, -0.15) is 0 Å². The molecule has 1 saturated heterocycles. The SMILES string of the molecule is CN(C)C(=O)CNC(=NCc1ccc(S(N)(=O)=O)cc1)NCC1(C)CCCO1. The summed E-state index contributed by atoms with van der Waals surface area (Å²) in [4.78, 5) is 17.9. The molecule has 0 saturated carbocycles. The lowest BCUT2D eigenvalue weighted by molar-refractivity contribution is -0.127. The van der Waals surface area contributed by atoms with Crippen LogP contribution in [0.5, 0.6) is 0 Å². The van der Waals surface area contributed by atoms with E-state index in [0.717, 1.165) is 25.0 Å². The summed E-state index contributed by atoms with van der Waals surface area (Å²) < 4.78 is 28.4. The highest BCUT2D eigenvalue weighted by Crippen LogP contribution is 2.23. The van der Waals surface area contributed by atoms with Crippen molar-refractivity contribution in [3.8, 4) is 0 Å². The molecule has 1 amide bonds. The number of guanidine groups is 1. The number of benzene rings is 1. The zero-order chi connectivity index (χ0) is 20.8. The Bertz CT molecular complexity index is 800. The third-order valence-electron chi connectivity index (χ3n) is 4.51. The van der Waals surface area contributed by atoms with Gasteiger partial charge in [0.2, 0.25) is 15.9 Å². The van der Waals surface area contributed by atoms with Gasteiger partial charge in [0.15, 0.2) is 5.96 Å². The molecule has 0 aliphatic carbocycles. The maximum Gasteiger partial charge on any atom is 0.241 e. The zero-order valence-corrected chi connectivity index (χ0v) is 17.4. The van der Waals surface area contributed by atoms with Gasteiger partial charge in [0.05, 0.1) is 23.6 Å². The molecule has 1 unspecified atom stereocenters. The molecule has 1 aromatic carbocycles. The van der Waals surface area contributed by atoms with Gasteiger partial charge >= 0.3 is 0 Å². The maximum absolute atomic E-state index is 11.9. The van der Waals surface area contributed by atoms with Crippen LogP contribution >= 0.6 is 0 Å². The van der Waals surface area contributed by atoms with Crippen molar-refractivity contribution in [2.75, 3.05) is 33.8 Å². The number of carbonyl (C=O) groups is 1. The fourth-order valence-corrected chi connectivity index (χ4v) is 3.21. The summed E-state index contributed by atoms with van der Waals surface area (Å²) in [6, 6.07) is 6.22. The van der Waals surface area contributed by atoms with E-state index >= 15 is 0 Å². The molecule has 2 rings (SSSR count). The van der Waals surface area contributed by atoms with Crippen LogP contribution in [0.4, 0.5) is 0 Å². The molecule has 10 heteroatoms. The molecule has 4 N–H and O–H groups in total. The molecule has 1 aliphatic heterocycles. The van der Waals surface area contributed by atoms with Crippen molar-refractivity contribution in [3.05, 3.63) is 29.8 Å². The molecule has 1 aliphatic rings. The number of ether oxygens (including phenoxy) is 1. The van der Waals surface area contributed by atoms with Gasteiger partial charge in [0, 0.05) is 27.2 Å². The first-order valence-electron chi connectivity index (χ1n) is 9.07. The van der Waals surface area contributed by atoms with Crippen LogP contribution in [0.1, 0.15) is 25.3 Å². The number of rotatable bonds is 7. The van der Waals surface area contributed by atoms with Crippen molar-refractivity contribution >= 4 is 21.9 Å². The van der Waals surface area contributed by atoms with Crippen LogP contribution in [0.3, 0.4) is 0 Å². The van der Waals surface area contributed by atoms with E-state index in [4.69, 9.17) is 9.88 Å². The van der Waals surface area contributed by atoms with Gasteiger partial charge in [-0.05, 0) is 37.5 Å². The number of amides is 1. The van der Waals surface area contributed by atoms with Crippen LogP contribution in [0.25, 0.3) is 0 Å². The summed E-state index contributed by atoms with van der Waals surface area (Å²) in [7, 11) is -0.340. The lowest BCUT2D eigenvalue weighted by Crippen LogP contribution is -2.47. The highest BCUT2D eigenvalue weighted by Gasteiger charge is 2.29. The highest BCUT2D eigenvalue weighted by molar-refractivity contribution is 7.89. The normalized spacial score (nSPS) is 20.1. The highest BCUT2D eigenvalue weighted by atomic mass is 32.2. The van der Waals surface area contributed by atoms with Crippen LogP contribution in [0.2, 0.25) is 0 Å². The van der Waals surface area contributed by atoms with E-state index in [9.17, 15) is 13.2 Å². The first kappa shape index (κ1) is 22.1. The lowest BCUT2D eigenvalue weighted by atomic mass is 10.0. The molecular formula is C18H29N5O4S. The first-order chi connectivity index (χ1) is 13.1. The summed E-state index contributed by atoms with van der Waals surface area (Å²) in [6.07, 6.45) is 1.98. The second-order valence-corrected chi connectivity index (χ2v) is 8.81. The zero-order valence-electron chi connectivity index (χ0n) is 16.6. The smallest absolute Gasteiger partial charge is 0.241 e. The number of nitrogens with one attached hydrogen (secondary N) is 2. The molecule has 1 heterocycles. The molecule has 28 heavy (non-hydrogen) atoms. The number of primary sulfonamides is 1. The summed E-state index contributed by atoms with van der Waals surface area (Å²) in [5.74, 6) is 0.415. The van der Waals surface area contributed by atoms with Crippen molar-refractivity contribution in [2.45, 2.75) is 36.8 Å². The topological polar surface area (TPSA) is 126 Å². The van der Waals surface area contributed by atoms with E-state index in [1.807, 2.05) is 6.92 Å². The van der Waals surface area contributed by atoms with E-state index < -0.39 is 10.0 Å². The van der Waals surface area contributed by atoms with Crippen molar-refractivity contribution < 1.29 is 17.9 Å². The molecule has 1 fully saturated rings. The predicted molar refractivity (Wildman–Crippen MR) is 107 cm³/mol. The molecule has 1 aromatic rings. The number of sulfonamides is 1. The second kappa shape index (κ2) is 9.35. The van der Waals surface area contributed by atoms with Crippen molar-refractivity contribution in [1.82, 2.24) is 15.5 Å². The van der Waals surface area contributed by atoms with Crippen molar-refractivity contribution in [1.29, 1.82) is 0 Å². The fraction of sp³-hybridized carbons (Fsp3) is 0.556. The summed E-state index contributed by atoms with van der Waals surface area (Å²) >= 11 is 0. The number of nitrogens with zero attached hydrogens (tertiary/aromatic N) is 2. The fourth-order valence-electron chi connectivity index (χ4n) is 2.69. The largest absolute Gasteiger partial charge is 0.373 e. The minimum atomic E-state index is -3.72. The van der Waals surface area contributed by atoms with Crippen LogP contribution in [0, 0.1) is 0 Å². The number of hydrogen-bond acceptors (Lipinski definition) is 5. The maximum atomic E-state index is 11.9. The van der Waals surface area contributed by atoms with Gasteiger partial charge in [0.1, 0.15) is 0 Å². The molecule has 9 nitrogen and oxygen atoms in total. The Morgan fingerprint density at radius 2 is 1.96 bits per heavy atom. The first-order valence-corrected chi connectivity index (χ1v) is 10.6. The molecular weight excluding hydrogens is 382 g/mol. The Kier molecular flexibility index (Phi) is 7.39. The molecule has 0 radical (unpaired) electrons. The number of nitrogens with two attached hydrogens (primary N) is 1. The second-order valence-electron chi connectivity index (χ2n) is 7.25. The Labute approximate surface area is 166 Å². The van der Waals surface area contributed by atoms with Gasteiger partial charge in [-0.15, -0.1) is 0 Å². The van der Waals surface area contributed by atoms with E-state index in [-0.39, 0.29) is 22.9 Å². The van der Waals surface area contributed by atoms with Gasteiger partial charge in [-0.25, -0.2) is 18.5 Å². The third kappa shape index (κ3) is 6.77. The van der Waals surface area contributed by atoms with Crippen LogP contribution < -0.4 is 15.8 Å². The van der Waals surface area contributed by atoms with Gasteiger partial charge in [0.25, 0.3) is 0 Å². The minimum absolute atomic E-state index is 0.0552. The standard InChI is InChI=1S/C18H29N5O4S/c1-18(9-4-10-27-18)13-22-17(21-12-16(24)23(2)3)20-11-14-5-7-15(8-6-14)28(19,25)26/h5-8H,4,9-13H2,1-3H3,(H2,19,25,26)(H2,20,21,22). The quantitative estimate of drug-likeness (QED) is 0.429. The summed E-state index contributed by atoms with van der Waals surface area (Å²) in [6.45, 7) is 3.78. The Hall–Kier alpha value is -2.17. The minimum Gasteiger partial charge on any atom is -0.373 e. The molecule has 0 aromatic heterocycles. The van der Waals surface area contributed by atoms with E-state index in [0.29, 0.717) is 19.0 Å². The van der Waals surface area contributed by atoms with Gasteiger partial charge in [-0.1, -0.05) is 12.1 Å². The third-order valence-corrected chi connectivity index (χ3v) is 5.44. The monoisotopic (exact) mass is 411 g/mol. The van der Waals surface area contributed by atoms with Crippen molar-refractivity contribution in [2.24, 2.45) is 10.1 Å². The summed E-state index contributed by atoms with van der Waals surface area (Å²) in [5, 5.41) is 11.4. The van der Waals surface area contributed by atoms with Crippen molar-refractivity contribution in [3.63, 3.8) is 0 Å². The van der Waals surface area contributed by atoms with Gasteiger partial charge in [-0.3, -0.25) is 4.79 Å². The molecule has 0 bridgehead atoms. The van der Waals surface area contributed by atoms with E-state index in [1.54, 1.807) is 26.2 Å². The van der Waals surface area contributed by atoms with Crippen LogP contribution in [0.15, 0.2) is 34.2 Å². The Morgan fingerprint density at radius 3 is 2.50 bits per heavy atom. The van der Waals surface area contributed by atoms with Crippen LogP contribution in [-0.2, 0) is 26.1 Å².